The van der Waals surface area contributed by atoms with Crippen LogP contribution in [0.25, 0.3) is 0 Å². The van der Waals surface area contributed by atoms with Crippen molar-refractivity contribution in [3.8, 4) is 0 Å². The average Bonchev–Trinajstić information content (AvgIpc) is 2.52. The van der Waals surface area contributed by atoms with E-state index >= 15 is 0 Å². The lowest BCUT2D eigenvalue weighted by Gasteiger charge is -2.14. The number of halogens is 1. The SMILES string of the molecule is CCS(=O)(=O)CCNC1=NCCN1C.I. The summed E-state index contributed by atoms with van der Waals surface area (Å²) in [6.45, 7) is 3.80. The predicted molar refractivity (Wildman–Crippen MR) is 72.7 cm³/mol. The van der Waals surface area contributed by atoms with E-state index in [1.54, 1.807) is 6.92 Å². The van der Waals surface area contributed by atoms with Crippen molar-refractivity contribution < 1.29 is 8.42 Å². The molecule has 1 N–H and O–H groups in total. The van der Waals surface area contributed by atoms with Gasteiger partial charge in [-0.15, -0.1) is 24.0 Å². The highest BCUT2D eigenvalue weighted by molar-refractivity contribution is 14.0. The normalized spacial score (nSPS) is 15.9. The van der Waals surface area contributed by atoms with Crippen molar-refractivity contribution in [2.45, 2.75) is 6.92 Å². The van der Waals surface area contributed by atoms with Crippen LogP contribution in [0.1, 0.15) is 6.92 Å². The quantitative estimate of drug-likeness (QED) is 0.724. The van der Waals surface area contributed by atoms with E-state index < -0.39 is 9.84 Å². The van der Waals surface area contributed by atoms with E-state index in [2.05, 4.69) is 10.3 Å². The Morgan fingerprint density at radius 3 is 2.67 bits per heavy atom. The largest absolute Gasteiger partial charge is 0.355 e. The van der Waals surface area contributed by atoms with Gasteiger partial charge in [-0.1, -0.05) is 6.92 Å². The maximum absolute atomic E-state index is 11.2. The fourth-order valence-electron chi connectivity index (χ4n) is 1.19. The molecule has 1 aliphatic heterocycles. The summed E-state index contributed by atoms with van der Waals surface area (Å²) in [6.07, 6.45) is 0. The van der Waals surface area contributed by atoms with Crippen LogP contribution >= 0.6 is 24.0 Å². The van der Waals surface area contributed by atoms with Crippen molar-refractivity contribution in [3.05, 3.63) is 0 Å². The number of hydrogen-bond acceptors (Lipinski definition) is 5. The number of rotatable bonds is 4. The predicted octanol–water partition coefficient (Wildman–Crippen LogP) is -0.0699. The smallest absolute Gasteiger partial charge is 0.193 e. The van der Waals surface area contributed by atoms with Gasteiger partial charge < -0.3 is 10.2 Å². The molecule has 0 amide bonds. The topological polar surface area (TPSA) is 61.8 Å². The molecule has 15 heavy (non-hydrogen) atoms. The first-order valence-corrected chi connectivity index (χ1v) is 6.57. The summed E-state index contributed by atoms with van der Waals surface area (Å²) in [6, 6.07) is 0. The van der Waals surface area contributed by atoms with Crippen LogP contribution in [0.2, 0.25) is 0 Å². The molecule has 90 valence electrons. The Bertz CT molecular complexity index is 316. The molecule has 1 heterocycles. The molecule has 1 aliphatic rings. The Kier molecular flexibility index (Phi) is 6.49. The number of guanidine groups is 1. The Balaban J connectivity index is 0.00000196. The van der Waals surface area contributed by atoms with E-state index in [-0.39, 0.29) is 35.5 Å². The molecule has 0 saturated heterocycles. The van der Waals surface area contributed by atoms with Gasteiger partial charge in [-0.25, -0.2) is 8.42 Å². The molecule has 7 heteroatoms. The number of hydrogen-bond donors (Lipinski definition) is 1. The van der Waals surface area contributed by atoms with Gasteiger partial charge in [0.25, 0.3) is 0 Å². The van der Waals surface area contributed by atoms with Crippen LogP contribution in [0.4, 0.5) is 0 Å². The Labute approximate surface area is 108 Å². The molecule has 0 spiro atoms. The first kappa shape index (κ1) is 14.9. The summed E-state index contributed by atoms with van der Waals surface area (Å²) in [5.74, 6) is 1.18. The van der Waals surface area contributed by atoms with E-state index in [1.165, 1.54) is 0 Å². The molecule has 0 fully saturated rings. The minimum absolute atomic E-state index is 0. The molecule has 0 atom stereocenters. The second-order valence-electron chi connectivity index (χ2n) is 3.29. The number of sulfone groups is 1. The molecule has 0 aromatic rings. The highest BCUT2D eigenvalue weighted by atomic mass is 127. The summed E-state index contributed by atoms with van der Waals surface area (Å²) in [7, 11) is -0.927. The van der Waals surface area contributed by atoms with Crippen LogP contribution in [0.3, 0.4) is 0 Å². The molecular formula is C8H18IN3O2S. The molecule has 0 unspecified atom stereocenters. The zero-order chi connectivity index (χ0) is 10.6. The number of nitrogens with one attached hydrogen (secondary N) is 1. The molecule has 0 bridgehead atoms. The minimum Gasteiger partial charge on any atom is -0.355 e. The second-order valence-corrected chi connectivity index (χ2v) is 5.76. The van der Waals surface area contributed by atoms with Crippen LogP contribution < -0.4 is 5.32 Å². The van der Waals surface area contributed by atoms with Gasteiger partial charge in [0.2, 0.25) is 0 Å². The Hall–Kier alpha value is -0.0500. The van der Waals surface area contributed by atoms with Crippen LogP contribution in [0, 0.1) is 0 Å². The molecular weight excluding hydrogens is 329 g/mol. The van der Waals surface area contributed by atoms with E-state index in [9.17, 15) is 8.42 Å². The van der Waals surface area contributed by atoms with E-state index in [0.29, 0.717) is 6.54 Å². The zero-order valence-electron chi connectivity index (χ0n) is 9.06. The van der Waals surface area contributed by atoms with Gasteiger partial charge in [0.1, 0.15) is 0 Å². The van der Waals surface area contributed by atoms with Crippen LogP contribution in [0.15, 0.2) is 4.99 Å². The molecule has 0 radical (unpaired) electrons. The van der Waals surface area contributed by atoms with Gasteiger partial charge in [-0.2, -0.15) is 0 Å². The third kappa shape index (κ3) is 5.01. The van der Waals surface area contributed by atoms with Gasteiger partial charge >= 0.3 is 0 Å². The number of likely N-dealkylation sites (N-methyl/N-ethyl adjacent to an activating group) is 1. The lowest BCUT2D eigenvalue weighted by atomic mass is 10.6. The summed E-state index contributed by atoms with van der Waals surface area (Å²) in [5.41, 5.74) is 0. The first-order chi connectivity index (χ1) is 6.55. The highest BCUT2D eigenvalue weighted by Gasteiger charge is 2.12. The van der Waals surface area contributed by atoms with Crippen molar-refractivity contribution in [1.82, 2.24) is 10.2 Å². The first-order valence-electron chi connectivity index (χ1n) is 4.75. The van der Waals surface area contributed by atoms with Crippen LogP contribution in [-0.2, 0) is 9.84 Å². The highest BCUT2D eigenvalue weighted by Crippen LogP contribution is 1.95. The number of aliphatic imine (C=N–C) groups is 1. The van der Waals surface area contributed by atoms with Gasteiger partial charge in [-0.05, 0) is 0 Å². The molecule has 5 nitrogen and oxygen atoms in total. The van der Waals surface area contributed by atoms with Gasteiger partial charge in [0.05, 0.1) is 12.3 Å². The van der Waals surface area contributed by atoms with E-state index in [0.717, 1.165) is 19.0 Å². The maximum atomic E-state index is 11.2. The average molecular weight is 347 g/mol. The summed E-state index contributed by atoms with van der Waals surface area (Å²) in [4.78, 5) is 6.18. The minimum atomic E-state index is -2.86. The van der Waals surface area contributed by atoms with Gasteiger partial charge in [0, 0.05) is 25.9 Å². The van der Waals surface area contributed by atoms with Gasteiger partial charge in [0.15, 0.2) is 15.8 Å². The standard InChI is InChI=1S/C8H17N3O2S.HI/c1-3-14(12,13)7-5-10-8-9-4-6-11(8)2;/h3-7H2,1-2H3,(H,9,10);1H. The summed E-state index contributed by atoms with van der Waals surface area (Å²) < 4.78 is 22.3. The fourth-order valence-corrected chi connectivity index (χ4v) is 1.89. The van der Waals surface area contributed by atoms with Crippen LogP contribution in [0.5, 0.6) is 0 Å². The Morgan fingerprint density at radius 2 is 2.20 bits per heavy atom. The fraction of sp³-hybridized carbons (Fsp3) is 0.875. The van der Waals surface area contributed by atoms with Crippen molar-refractivity contribution in [1.29, 1.82) is 0 Å². The summed E-state index contributed by atoms with van der Waals surface area (Å²) in [5, 5.41) is 3.02. The lowest BCUT2D eigenvalue weighted by Crippen LogP contribution is -2.38. The molecule has 0 aromatic carbocycles. The third-order valence-electron chi connectivity index (χ3n) is 2.19. The van der Waals surface area contributed by atoms with E-state index in [4.69, 9.17) is 0 Å². The molecule has 1 rings (SSSR count). The third-order valence-corrected chi connectivity index (χ3v) is 3.90. The number of nitrogens with zero attached hydrogens (tertiary/aromatic N) is 2. The van der Waals surface area contributed by atoms with Crippen molar-refractivity contribution in [2.24, 2.45) is 4.99 Å². The Morgan fingerprint density at radius 1 is 1.53 bits per heavy atom. The zero-order valence-corrected chi connectivity index (χ0v) is 12.2. The van der Waals surface area contributed by atoms with Crippen molar-refractivity contribution >= 4 is 39.8 Å². The van der Waals surface area contributed by atoms with Crippen molar-refractivity contribution in [3.63, 3.8) is 0 Å². The second kappa shape index (κ2) is 6.51. The van der Waals surface area contributed by atoms with Gasteiger partial charge in [-0.3, -0.25) is 4.99 Å². The van der Waals surface area contributed by atoms with E-state index in [1.807, 2.05) is 11.9 Å². The molecule has 0 saturated carbocycles. The molecule has 0 aromatic heterocycles. The maximum Gasteiger partial charge on any atom is 0.193 e. The lowest BCUT2D eigenvalue weighted by molar-refractivity contribution is 0.535. The van der Waals surface area contributed by atoms with Crippen LogP contribution in [-0.4, -0.2) is 57.5 Å². The summed E-state index contributed by atoms with van der Waals surface area (Å²) >= 11 is 0. The monoisotopic (exact) mass is 347 g/mol. The van der Waals surface area contributed by atoms with Crippen molar-refractivity contribution in [2.75, 3.05) is 38.2 Å². The molecule has 0 aliphatic carbocycles.